The molecule has 2 bridgehead atoms. The second-order valence-electron chi connectivity index (χ2n) is 10.7. The van der Waals surface area contributed by atoms with Crippen LogP contribution in [0.1, 0.15) is 18.4 Å². The van der Waals surface area contributed by atoms with Crippen LogP contribution in [-0.4, -0.2) is 65.7 Å². The van der Waals surface area contributed by atoms with Crippen molar-refractivity contribution < 1.29 is 23.9 Å². The average molecular weight is 461 g/mol. The number of carbonyl (C=O) groups excluding carboxylic acids is 1. The third-order valence-corrected chi connectivity index (χ3v) is 8.84. The van der Waals surface area contributed by atoms with Gasteiger partial charge in [0.25, 0.3) is 0 Å². The van der Waals surface area contributed by atoms with Crippen molar-refractivity contribution in [1.29, 1.82) is 0 Å². The molecule has 1 aromatic carbocycles. The smallest absolute Gasteiger partial charge is 0.340 e. The molecule has 0 saturated carbocycles. The van der Waals surface area contributed by atoms with Gasteiger partial charge in [0.05, 0.1) is 31.8 Å². The Balaban J connectivity index is 1.21. The molecular weight excluding hydrogens is 426 g/mol. The molecule has 1 N–H and O–H groups in total. The van der Waals surface area contributed by atoms with Crippen LogP contribution in [0.3, 0.4) is 0 Å². The third-order valence-electron chi connectivity index (χ3n) is 8.84. The van der Waals surface area contributed by atoms with E-state index < -0.39 is 23.4 Å². The predicted octanol–water partition coefficient (Wildman–Crippen LogP) is 3.36. The Kier molecular flexibility index (Phi) is 5.59. The molecule has 7 rings (SSSR count). The van der Waals surface area contributed by atoms with Crippen LogP contribution < -0.4 is 0 Å². The Morgan fingerprint density at radius 2 is 1.59 bits per heavy atom. The van der Waals surface area contributed by atoms with Crippen molar-refractivity contribution in [3.8, 4) is 0 Å². The summed E-state index contributed by atoms with van der Waals surface area (Å²) in [4.78, 5) is 13.8. The molecule has 0 radical (unpaired) electrons. The highest BCUT2D eigenvalue weighted by Crippen LogP contribution is 2.45. The van der Waals surface area contributed by atoms with E-state index in [2.05, 4.69) is 30.3 Å². The van der Waals surface area contributed by atoms with Gasteiger partial charge in [-0.2, -0.15) is 0 Å². The molecule has 0 spiro atoms. The quantitative estimate of drug-likeness (QED) is 0.541. The fourth-order valence-corrected chi connectivity index (χ4v) is 6.82. The molecule has 6 aliphatic rings. The summed E-state index contributed by atoms with van der Waals surface area (Å²) in [6.45, 7) is 4.23. The van der Waals surface area contributed by atoms with E-state index in [1.807, 2.05) is 48.6 Å². The molecule has 0 amide bonds. The van der Waals surface area contributed by atoms with Crippen LogP contribution in [0, 0.1) is 17.8 Å². The number of aliphatic hydroxyl groups is 1. The van der Waals surface area contributed by atoms with Gasteiger partial charge in [-0.25, -0.2) is 4.79 Å². The van der Waals surface area contributed by atoms with Gasteiger partial charge in [0, 0.05) is 37.0 Å². The van der Waals surface area contributed by atoms with Crippen molar-refractivity contribution >= 4 is 5.97 Å². The largest absolute Gasteiger partial charge is 0.454 e. The molecule has 34 heavy (non-hydrogen) atoms. The lowest BCUT2D eigenvalue weighted by atomic mass is 9.67. The molecule has 5 nitrogen and oxygen atoms in total. The third kappa shape index (κ3) is 3.71. The number of hydrogen-bond donors (Lipinski definition) is 1. The van der Waals surface area contributed by atoms with Crippen molar-refractivity contribution in [2.45, 2.75) is 43.2 Å². The van der Waals surface area contributed by atoms with Crippen LogP contribution in [0.15, 0.2) is 78.9 Å². The van der Waals surface area contributed by atoms with E-state index in [0.717, 1.165) is 49.9 Å². The van der Waals surface area contributed by atoms with E-state index in [1.165, 1.54) is 5.56 Å². The first-order chi connectivity index (χ1) is 16.6. The van der Waals surface area contributed by atoms with Crippen molar-refractivity contribution in [3.05, 3.63) is 84.5 Å². The zero-order valence-corrected chi connectivity index (χ0v) is 19.5. The number of benzene rings is 1. The average Bonchev–Trinajstić information content (AvgIpc) is 2.89. The molecule has 4 saturated heterocycles. The Labute approximate surface area is 201 Å². The molecule has 5 atom stereocenters. The van der Waals surface area contributed by atoms with Crippen LogP contribution in [0.25, 0.3) is 0 Å². The monoisotopic (exact) mass is 460 g/mol. The van der Waals surface area contributed by atoms with E-state index in [0.29, 0.717) is 5.92 Å². The zero-order valence-electron chi connectivity index (χ0n) is 19.5. The number of ether oxygens (including phenoxy) is 2. The van der Waals surface area contributed by atoms with Gasteiger partial charge in [-0.3, -0.25) is 0 Å². The second kappa shape index (κ2) is 8.63. The SMILES string of the molecule is O=C(O[C@H]1C[N+]2(CCc3ccccc3)CCC1CC2)C1(O)C2C=CC=CC2OC2C=CC=CC21. The maximum absolute atomic E-state index is 13.8. The Morgan fingerprint density at radius 3 is 2.24 bits per heavy atom. The maximum Gasteiger partial charge on any atom is 0.340 e. The molecule has 4 aliphatic heterocycles. The van der Waals surface area contributed by atoms with E-state index in [1.54, 1.807) is 0 Å². The summed E-state index contributed by atoms with van der Waals surface area (Å²) < 4.78 is 13.5. The zero-order chi connectivity index (χ0) is 23.2. The fourth-order valence-electron chi connectivity index (χ4n) is 6.82. The highest BCUT2D eigenvalue weighted by Gasteiger charge is 2.60. The van der Waals surface area contributed by atoms with Crippen molar-refractivity contribution in [3.63, 3.8) is 0 Å². The van der Waals surface area contributed by atoms with Crippen molar-refractivity contribution in [2.24, 2.45) is 17.8 Å². The summed E-state index contributed by atoms with van der Waals surface area (Å²) >= 11 is 0. The van der Waals surface area contributed by atoms with E-state index in [4.69, 9.17) is 9.47 Å². The highest BCUT2D eigenvalue weighted by molar-refractivity contribution is 5.82. The number of piperidine rings is 3. The first kappa shape index (κ1) is 22.0. The summed E-state index contributed by atoms with van der Waals surface area (Å²) in [5, 5.41) is 12.0. The Bertz CT molecular complexity index is 999. The minimum Gasteiger partial charge on any atom is -0.454 e. The summed E-state index contributed by atoms with van der Waals surface area (Å²) in [7, 11) is 0. The van der Waals surface area contributed by atoms with Gasteiger partial charge < -0.3 is 19.1 Å². The van der Waals surface area contributed by atoms with Crippen LogP contribution in [0.4, 0.5) is 0 Å². The highest BCUT2D eigenvalue weighted by atomic mass is 16.6. The molecular formula is C29H34NO4+. The van der Waals surface area contributed by atoms with Crippen LogP contribution in [-0.2, 0) is 20.7 Å². The number of hydrogen-bond acceptors (Lipinski definition) is 4. The van der Waals surface area contributed by atoms with Gasteiger partial charge >= 0.3 is 5.97 Å². The van der Waals surface area contributed by atoms with E-state index in [9.17, 15) is 9.90 Å². The number of carbonyl (C=O) groups is 1. The first-order valence-electron chi connectivity index (χ1n) is 12.8. The standard InChI is InChI=1S/C29H34NO4/c31-28(29(32)23-10-4-6-12-25(23)33-26-13-7-5-11-24(26)29)34-27-20-30(18-15-22(27)16-19-30)17-14-21-8-2-1-3-9-21/h1-13,22-27,32H,14-20H2/q+1/t22?,23?,24?,25?,26?,27-,29?,30?/m0/s1. The molecule has 5 heteroatoms. The van der Waals surface area contributed by atoms with Crippen LogP contribution in [0.5, 0.6) is 0 Å². The summed E-state index contributed by atoms with van der Waals surface area (Å²) in [5.74, 6) is -1.01. The molecule has 4 heterocycles. The molecule has 4 unspecified atom stereocenters. The number of esters is 1. The molecule has 2 aliphatic carbocycles. The molecule has 1 aromatic rings. The summed E-state index contributed by atoms with van der Waals surface area (Å²) in [6, 6.07) is 10.6. The predicted molar refractivity (Wildman–Crippen MR) is 130 cm³/mol. The van der Waals surface area contributed by atoms with Gasteiger partial charge in [-0.05, 0) is 5.56 Å². The Morgan fingerprint density at radius 1 is 0.971 bits per heavy atom. The lowest BCUT2D eigenvalue weighted by Crippen LogP contribution is -2.67. The van der Waals surface area contributed by atoms with Crippen molar-refractivity contribution in [1.82, 2.24) is 0 Å². The van der Waals surface area contributed by atoms with Gasteiger partial charge in [0.2, 0.25) is 0 Å². The van der Waals surface area contributed by atoms with Gasteiger partial charge in [0.1, 0.15) is 6.54 Å². The number of allylic oxidation sites excluding steroid dienone is 4. The maximum atomic E-state index is 13.8. The van der Waals surface area contributed by atoms with Gasteiger partial charge in [-0.15, -0.1) is 0 Å². The van der Waals surface area contributed by atoms with Crippen molar-refractivity contribution in [2.75, 3.05) is 26.2 Å². The molecule has 0 aromatic heterocycles. The molecule has 178 valence electrons. The summed E-state index contributed by atoms with van der Waals surface area (Å²) in [5.41, 5.74) is -0.282. The normalized spacial score (nSPS) is 41.7. The Hall–Kier alpha value is -2.47. The molecule has 4 fully saturated rings. The minimum atomic E-state index is -1.64. The van der Waals surface area contributed by atoms with Crippen LogP contribution >= 0.6 is 0 Å². The lowest BCUT2D eigenvalue weighted by Gasteiger charge is -2.53. The van der Waals surface area contributed by atoms with Gasteiger partial charge in [0.15, 0.2) is 11.7 Å². The van der Waals surface area contributed by atoms with Gasteiger partial charge in [-0.1, -0.05) is 78.9 Å². The number of rotatable bonds is 5. The number of fused-ring (bicyclic) bond motifs is 5. The van der Waals surface area contributed by atoms with Crippen LogP contribution in [0.2, 0.25) is 0 Å². The topological polar surface area (TPSA) is 55.8 Å². The fraction of sp³-hybridized carbons (Fsp3) is 0.483. The first-order valence-corrected chi connectivity index (χ1v) is 12.8. The number of nitrogens with zero attached hydrogens (tertiary/aromatic N) is 1. The minimum absolute atomic E-state index is 0.138. The summed E-state index contributed by atoms with van der Waals surface area (Å²) in [6.07, 6.45) is 17.7. The lowest BCUT2D eigenvalue weighted by molar-refractivity contribution is -0.946. The van der Waals surface area contributed by atoms with E-state index in [-0.39, 0.29) is 18.3 Å². The van der Waals surface area contributed by atoms with E-state index >= 15 is 0 Å². The number of quaternary nitrogens is 1. The second-order valence-corrected chi connectivity index (χ2v) is 10.7.